The summed E-state index contributed by atoms with van der Waals surface area (Å²) in [6, 6.07) is 3.80. The summed E-state index contributed by atoms with van der Waals surface area (Å²) in [4.78, 5) is -0.0392. The fourth-order valence-electron chi connectivity index (χ4n) is 2.02. The topological polar surface area (TPSA) is 63.4 Å². The molecular weight excluding hydrogens is 279 g/mol. The Morgan fingerprint density at radius 2 is 2.15 bits per heavy atom. The zero-order valence-corrected chi connectivity index (χ0v) is 12.1. The first-order chi connectivity index (χ1) is 9.46. The highest BCUT2D eigenvalue weighted by molar-refractivity contribution is 7.89. The molecular formula is C14H17FN2O2S. The molecule has 0 aliphatic heterocycles. The number of halogens is 1. The lowest BCUT2D eigenvalue weighted by Gasteiger charge is -2.33. The zero-order valence-electron chi connectivity index (χ0n) is 11.3. The highest BCUT2D eigenvalue weighted by atomic mass is 32.2. The first-order valence-corrected chi connectivity index (χ1v) is 7.87. The van der Waals surface area contributed by atoms with Crippen molar-refractivity contribution >= 4 is 10.0 Å². The van der Waals surface area contributed by atoms with E-state index in [0.717, 1.165) is 25.3 Å². The van der Waals surface area contributed by atoms with Gasteiger partial charge in [-0.05, 0) is 31.0 Å². The lowest BCUT2D eigenvalue weighted by atomic mass is 9.94. The van der Waals surface area contributed by atoms with Crippen LogP contribution < -0.4 is 5.73 Å². The van der Waals surface area contributed by atoms with Crippen LogP contribution in [0.1, 0.15) is 24.8 Å². The van der Waals surface area contributed by atoms with Crippen molar-refractivity contribution < 1.29 is 12.8 Å². The lowest BCUT2D eigenvalue weighted by Crippen LogP contribution is -2.41. The van der Waals surface area contributed by atoms with Crippen molar-refractivity contribution in [1.82, 2.24) is 4.31 Å². The van der Waals surface area contributed by atoms with Crippen molar-refractivity contribution in [3.05, 3.63) is 29.6 Å². The van der Waals surface area contributed by atoms with Gasteiger partial charge in [0, 0.05) is 13.1 Å². The summed E-state index contributed by atoms with van der Waals surface area (Å²) in [6.07, 6.45) is 2.75. The van der Waals surface area contributed by atoms with Gasteiger partial charge in [0.25, 0.3) is 0 Å². The predicted molar refractivity (Wildman–Crippen MR) is 74.9 cm³/mol. The number of hydrogen-bond acceptors (Lipinski definition) is 3. The number of sulfonamides is 1. The molecule has 1 aromatic rings. The maximum Gasteiger partial charge on any atom is 0.243 e. The van der Waals surface area contributed by atoms with Gasteiger partial charge in [-0.2, -0.15) is 4.31 Å². The molecule has 1 aliphatic carbocycles. The van der Waals surface area contributed by atoms with E-state index in [1.54, 1.807) is 7.05 Å². The van der Waals surface area contributed by atoms with Crippen LogP contribution >= 0.6 is 0 Å². The Bertz CT molecular complexity index is 657. The molecule has 4 nitrogen and oxygen atoms in total. The molecule has 2 N–H and O–H groups in total. The molecule has 1 saturated carbocycles. The Morgan fingerprint density at radius 1 is 1.45 bits per heavy atom. The molecule has 0 unspecified atom stereocenters. The summed E-state index contributed by atoms with van der Waals surface area (Å²) >= 11 is 0. The van der Waals surface area contributed by atoms with Crippen LogP contribution in [0.2, 0.25) is 0 Å². The molecule has 1 aromatic carbocycles. The van der Waals surface area contributed by atoms with E-state index in [0.29, 0.717) is 0 Å². The van der Waals surface area contributed by atoms with E-state index in [9.17, 15) is 12.8 Å². The Morgan fingerprint density at radius 3 is 2.65 bits per heavy atom. The third-order valence-corrected chi connectivity index (χ3v) is 5.44. The Kier molecular flexibility index (Phi) is 4.43. The molecule has 0 spiro atoms. The molecule has 0 bridgehead atoms. The molecule has 1 fully saturated rings. The molecule has 20 heavy (non-hydrogen) atoms. The van der Waals surface area contributed by atoms with Crippen molar-refractivity contribution in [3.8, 4) is 11.8 Å². The predicted octanol–water partition coefficient (Wildman–Crippen LogP) is 1.31. The van der Waals surface area contributed by atoms with E-state index < -0.39 is 15.8 Å². The van der Waals surface area contributed by atoms with Gasteiger partial charge in [-0.3, -0.25) is 0 Å². The molecule has 0 radical (unpaired) electrons. The van der Waals surface area contributed by atoms with Gasteiger partial charge < -0.3 is 5.73 Å². The second kappa shape index (κ2) is 5.92. The quantitative estimate of drug-likeness (QED) is 0.855. The number of hydrogen-bond donors (Lipinski definition) is 1. The van der Waals surface area contributed by atoms with Crippen LogP contribution in [0.4, 0.5) is 4.39 Å². The highest BCUT2D eigenvalue weighted by Crippen LogP contribution is 2.28. The molecule has 0 aromatic heterocycles. The van der Waals surface area contributed by atoms with Gasteiger partial charge in [0.1, 0.15) is 5.82 Å². The Hall–Kier alpha value is -1.42. The standard InChI is InChI=1S/C14H17FN2O2S/c1-17(12-5-2-6-12)20(18,19)13-8-7-11(4-3-9-16)14(15)10-13/h7-8,10,12H,2,5-6,9,16H2,1H3. The van der Waals surface area contributed by atoms with Crippen molar-refractivity contribution in [2.24, 2.45) is 5.73 Å². The number of rotatable bonds is 3. The maximum atomic E-state index is 13.8. The Balaban J connectivity index is 2.30. The van der Waals surface area contributed by atoms with Crippen LogP contribution in [0, 0.1) is 17.7 Å². The fraction of sp³-hybridized carbons (Fsp3) is 0.429. The lowest BCUT2D eigenvalue weighted by molar-refractivity contribution is 0.249. The summed E-state index contributed by atoms with van der Waals surface area (Å²) in [5.74, 6) is 4.46. The Labute approximate surface area is 118 Å². The monoisotopic (exact) mass is 296 g/mol. The van der Waals surface area contributed by atoms with Crippen LogP contribution in [0.15, 0.2) is 23.1 Å². The van der Waals surface area contributed by atoms with Crippen LogP contribution in [0.5, 0.6) is 0 Å². The molecule has 0 atom stereocenters. The third kappa shape index (κ3) is 2.85. The van der Waals surface area contributed by atoms with Gasteiger partial charge in [-0.15, -0.1) is 0 Å². The minimum atomic E-state index is -3.64. The van der Waals surface area contributed by atoms with Crippen molar-refractivity contribution in [3.63, 3.8) is 0 Å². The van der Waals surface area contributed by atoms with Gasteiger partial charge in [0.05, 0.1) is 17.0 Å². The first kappa shape index (κ1) is 15.0. The van der Waals surface area contributed by atoms with Crippen LogP contribution in [0.25, 0.3) is 0 Å². The first-order valence-electron chi connectivity index (χ1n) is 6.43. The van der Waals surface area contributed by atoms with Gasteiger partial charge in [0.2, 0.25) is 10.0 Å². The molecule has 6 heteroatoms. The van der Waals surface area contributed by atoms with E-state index in [4.69, 9.17) is 5.73 Å². The highest BCUT2D eigenvalue weighted by Gasteiger charge is 2.31. The minimum Gasteiger partial charge on any atom is -0.320 e. The third-order valence-electron chi connectivity index (χ3n) is 3.53. The number of nitrogens with two attached hydrogens (primary N) is 1. The fourth-order valence-corrected chi connectivity index (χ4v) is 3.45. The summed E-state index contributed by atoms with van der Waals surface area (Å²) in [5, 5.41) is 0. The summed E-state index contributed by atoms with van der Waals surface area (Å²) in [5.41, 5.74) is 5.38. The molecule has 0 amide bonds. The largest absolute Gasteiger partial charge is 0.320 e. The summed E-state index contributed by atoms with van der Waals surface area (Å²) in [6.45, 7) is 0.129. The van der Waals surface area contributed by atoms with Gasteiger partial charge in [0.15, 0.2) is 0 Å². The van der Waals surface area contributed by atoms with Crippen molar-refractivity contribution in [2.75, 3.05) is 13.6 Å². The van der Waals surface area contributed by atoms with Gasteiger partial charge in [-0.25, -0.2) is 12.8 Å². The summed E-state index contributed by atoms with van der Waals surface area (Å²) in [7, 11) is -2.10. The zero-order chi connectivity index (χ0) is 14.8. The van der Waals surface area contributed by atoms with Crippen molar-refractivity contribution in [1.29, 1.82) is 0 Å². The van der Waals surface area contributed by atoms with E-state index in [-0.39, 0.29) is 23.0 Å². The van der Waals surface area contributed by atoms with Gasteiger partial charge >= 0.3 is 0 Å². The van der Waals surface area contributed by atoms with E-state index in [2.05, 4.69) is 11.8 Å². The number of nitrogens with zero attached hydrogens (tertiary/aromatic N) is 1. The SMILES string of the molecule is CN(C1CCC1)S(=O)(=O)c1ccc(C#CCN)c(F)c1. The van der Waals surface area contributed by atoms with Crippen LogP contribution in [-0.4, -0.2) is 32.4 Å². The van der Waals surface area contributed by atoms with Crippen LogP contribution in [-0.2, 0) is 10.0 Å². The average molecular weight is 296 g/mol. The van der Waals surface area contributed by atoms with Crippen LogP contribution in [0.3, 0.4) is 0 Å². The van der Waals surface area contributed by atoms with Gasteiger partial charge in [-0.1, -0.05) is 18.3 Å². The van der Waals surface area contributed by atoms with E-state index in [1.165, 1.54) is 16.4 Å². The average Bonchev–Trinajstić information content (AvgIpc) is 2.35. The maximum absolute atomic E-state index is 13.8. The molecule has 2 rings (SSSR count). The normalized spacial score (nSPS) is 15.6. The van der Waals surface area contributed by atoms with E-state index >= 15 is 0 Å². The summed E-state index contributed by atoms with van der Waals surface area (Å²) < 4.78 is 39.9. The molecule has 0 saturated heterocycles. The molecule has 0 heterocycles. The second-order valence-electron chi connectivity index (χ2n) is 4.75. The second-order valence-corrected chi connectivity index (χ2v) is 6.75. The molecule has 108 valence electrons. The van der Waals surface area contributed by atoms with E-state index in [1.807, 2.05) is 0 Å². The number of benzene rings is 1. The molecule has 1 aliphatic rings. The minimum absolute atomic E-state index is 0.0276. The van der Waals surface area contributed by atoms with Crippen molar-refractivity contribution in [2.45, 2.75) is 30.2 Å². The smallest absolute Gasteiger partial charge is 0.243 e.